The van der Waals surface area contributed by atoms with E-state index >= 15 is 0 Å². The van der Waals surface area contributed by atoms with E-state index in [1.807, 2.05) is 0 Å². The third-order valence-corrected chi connectivity index (χ3v) is 9.63. The van der Waals surface area contributed by atoms with E-state index in [4.69, 9.17) is 0 Å². The zero-order valence-corrected chi connectivity index (χ0v) is 26.5. The average molecular weight is 625 g/mol. The van der Waals surface area contributed by atoms with E-state index in [2.05, 4.69) is 102 Å². The summed E-state index contributed by atoms with van der Waals surface area (Å²) in [6, 6.07) is 17.3. The van der Waals surface area contributed by atoms with Crippen LogP contribution in [-0.2, 0) is 25.7 Å². The summed E-state index contributed by atoms with van der Waals surface area (Å²) in [7, 11) is 0. The number of rotatable bonds is 13. The van der Waals surface area contributed by atoms with Gasteiger partial charge in [0, 0.05) is 14.9 Å². The molecule has 0 N–H and O–H groups in total. The van der Waals surface area contributed by atoms with Crippen LogP contribution in [0.3, 0.4) is 0 Å². The minimum absolute atomic E-state index is 0.291. The zero-order valence-electron chi connectivity index (χ0n) is 23.4. The fraction of sp³-hybridized carbons (Fsp3) is 0.486. The normalized spacial score (nSPS) is 12.7. The number of unbranched alkanes of at least 4 members (excludes halogenated alkanes) is 6. The number of benzene rings is 3. The summed E-state index contributed by atoms with van der Waals surface area (Å²) < 4.78 is 2.49. The van der Waals surface area contributed by atoms with Gasteiger partial charge >= 0.3 is 0 Å². The van der Waals surface area contributed by atoms with E-state index in [0.717, 1.165) is 12.8 Å². The molecule has 0 radical (unpaired) electrons. The number of hydrogen-bond donors (Lipinski definition) is 0. The quantitative estimate of drug-likeness (QED) is 0.130. The fourth-order valence-corrected chi connectivity index (χ4v) is 7.32. The molecule has 37 heavy (non-hydrogen) atoms. The van der Waals surface area contributed by atoms with Gasteiger partial charge in [-0.15, -0.1) is 0 Å². The highest BCUT2D eigenvalue weighted by atomic mass is 79.9. The van der Waals surface area contributed by atoms with Crippen LogP contribution < -0.4 is 0 Å². The molecule has 198 valence electrons. The molecule has 0 heterocycles. The maximum Gasteiger partial charge on any atom is 0.0353 e. The van der Waals surface area contributed by atoms with E-state index < -0.39 is 0 Å². The molecule has 3 aromatic rings. The van der Waals surface area contributed by atoms with Crippen LogP contribution in [0.25, 0.3) is 11.1 Å². The predicted octanol–water partition coefficient (Wildman–Crippen LogP) is 11.7. The lowest BCUT2D eigenvalue weighted by Gasteiger charge is -2.19. The maximum absolute atomic E-state index is 3.91. The van der Waals surface area contributed by atoms with Crippen molar-refractivity contribution in [3.05, 3.63) is 90.4 Å². The largest absolute Gasteiger partial charge is 0.0654 e. The Labute approximate surface area is 242 Å². The number of fused-ring (bicyclic) bond motifs is 3. The van der Waals surface area contributed by atoms with Gasteiger partial charge in [0.15, 0.2) is 0 Å². The van der Waals surface area contributed by atoms with Crippen LogP contribution in [0.1, 0.15) is 124 Å². The van der Waals surface area contributed by atoms with Gasteiger partial charge < -0.3 is 0 Å². The van der Waals surface area contributed by atoms with Crippen LogP contribution in [0.15, 0.2) is 51.4 Å². The molecule has 0 saturated heterocycles. The third-order valence-electron chi connectivity index (χ3n) is 8.16. The van der Waals surface area contributed by atoms with Crippen LogP contribution in [0.4, 0.5) is 0 Å². The van der Waals surface area contributed by atoms with Crippen molar-refractivity contribution in [3.8, 4) is 11.1 Å². The van der Waals surface area contributed by atoms with Gasteiger partial charge in [0.05, 0.1) is 0 Å². The van der Waals surface area contributed by atoms with Crippen LogP contribution in [0.2, 0.25) is 0 Å². The highest BCUT2D eigenvalue weighted by molar-refractivity contribution is 9.10. The van der Waals surface area contributed by atoms with Crippen molar-refractivity contribution in [2.24, 2.45) is 0 Å². The van der Waals surface area contributed by atoms with Gasteiger partial charge in [-0.3, -0.25) is 0 Å². The second-order valence-corrected chi connectivity index (χ2v) is 12.6. The van der Waals surface area contributed by atoms with E-state index in [1.54, 1.807) is 0 Å². The Morgan fingerprint density at radius 3 is 1.41 bits per heavy atom. The Bertz CT molecular complexity index is 1120. The lowest BCUT2D eigenvalue weighted by atomic mass is 9.85. The molecular formula is C35H44Br2. The minimum Gasteiger partial charge on any atom is -0.0654 e. The molecule has 4 rings (SSSR count). The summed E-state index contributed by atoms with van der Waals surface area (Å²) in [6.45, 7) is 9.11. The Kier molecular flexibility index (Phi) is 10.5. The van der Waals surface area contributed by atoms with Crippen LogP contribution in [0, 0.1) is 0 Å². The van der Waals surface area contributed by atoms with Crippen LogP contribution in [-0.4, -0.2) is 0 Å². The van der Waals surface area contributed by atoms with Crippen molar-refractivity contribution in [1.29, 1.82) is 0 Å². The first-order chi connectivity index (χ1) is 18.0. The molecule has 0 amide bonds. The fourth-order valence-electron chi connectivity index (χ4n) is 6.04. The molecular weight excluding hydrogens is 580 g/mol. The molecule has 0 fully saturated rings. The summed E-state index contributed by atoms with van der Waals surface area (Å²) in [5, 5.41) is 0. The minimum atomic E-state index is 0.291. The van der Waals surface area contributed by atoms with Crippen molar-refractivity contribution in [3.63, 3.8) is 0 Å². The first-order valence-electron chi connectivity index (χ1n) is 14.8. The molecule has 2 heteroatoms. The second kappa shape index (κ2) is 13.6. The third kappa shape index (κ3) is 6.62. The molecule has 0 aliphatic heterocycles. The monoisotopic (exact) mass is 622 g/mol. The number of aryl methyl sites for hydroxylation is 4. The summed E-state index contributed by atoms with van der Waals surface area (Å²) >= 11 is 7.83. The molecule has 1 aliphatic rings. The Morgan fingerprint density at radius 1 is 0.541 bits per heavy atom. The van der Waals surface area contributed by atoms with Gasteiger partial charge in [0.2, 0.25) is 0 Å². The Balaban J connectivity index is 1.81. The lowest BCUT2D eigenvalue weighted by molar-refractivity contribution is 0.660. The zero-order chi connectivity index (χ0) is 26.4. The molecule has 0 atom stereocenters. The SMILES string of the molecule is CCCCCCc1cc(CCCCCC)cc(C2c3cc(Br)c(CC)cc3-c3cc(CC)c(Br)cc32)c1. The first kappa shape index (κ1) is 28.6. The van der Waals surface area contributed by atoms with Crippen molar-refractivity contribution in [2.75, 3.05) is 0 Å². The summed E-state index contributed by atoms with van der Waals surface area (Å²) in [6.07, 6.45) is 15.0. The van der Waals surface area contributed by atoms with Gasteiger partial charge in [-0.2, -0.15) is 0 Å². The molecule has 0 saturated carbocycles. The van der Waals surface area contributed by atoms with Gasteiger partial charge in [-0.1, -0.05) is 116 Å². The molecule has 0 aromatic heterocycles. The van der Waals surface area contributed by atoms with Crippen molar-refractivity contribution < 1.29 is 0 Å². The van der Waals surface area contributed by atoms with Gasteiger partial charge in [-0.05, 0) is 113 Å². The molecule has 0 nitrogen and oxygen atoms in total. The lowest BCUT2D eigenvalue weighted by Crippen LogP contribution is -2.03. The first-order valence-corrected chi connectivity index (χ1v) is 16.4. The van der Waals surface area contributed by atoms with E-state index in [1.165, 1.54) is 123 Å². The number of halogens is 2. The maximum atomic E-state index is 3.91. The van der Waals surface area contributed by atoms with Crippen LogP contribution in [0.5, 0.6) is 0 Å². The Hall–Kier alpha value is -1.38. The van der Waals surface area contributed by atoms with Gasteiger partial charge in [-0.25, -0.2) is 0 Å². The molecule has 3 aromatic carbocycles. The van der Waals surface area contributed by atoms with Gasteiger partial charge in [0.1, 0.15) is 0 Å². The predicted molar refractivity (Wildman–Crippen MR) is 169 cm³/mol. The second-order valence-electron chi connectivity index (χ2n) is 10.9. The van der Waals surface area contributed by atoms with E-state index in [-0.39, 0.29) is 0 Å². The van der Waals surface area contributed by atoms with Crippen molar-refractivity contribution >= 4 is 31.9 Å². The Morgan fingerprint density at radius 2 is 1.00 bits per heavy atom. The molecule has 0 bridgehead atoms. The number of hydrogen-bond acceptors (Lipinski definition) is 0. The standard InChI is InChI=1S/C35H44Br2/c1-5-9-11-13-15-24-17-25(16-14-12-10-6-2)19-28(18-24)35-31-22-33(36)26(7-3)20-29(31)30-21-27(8-4)34(37)23-32(30)35/h17-23,35H,5-16H2,1-4H3. The molecule has 1 aliphatic carbocycles. The summed E-state index contributed by atoms with van der Waals surface area (Å²) in [4.78, 5) is 0. The topological polar surface area (TPSA) is 0 Å². The highest BCUT2D eigenvalue weighted by Crippen LogP contribution is 2.51. The van der Waals surface area contributed by atoms with Crippen molar-refractivity contribution in [1.82, 2.24) is 0 Å². The van der Waals surface area contributed by atoms with E-state index in [0.29, 0.717) is 5.92 Å². The van der Waals surface area contributed by atoms with E-state index in [9.17, 15) is 0 Å². The van der Waals surface area contributed by atoms with Crippen LogP contribution >= 0.6 is 31.9 Å². The summed E-state index contributed by atoms with van der Waals surface area (Å²) in [5.41, 5.74) is 13.1. The molecule has 0 unspecified atom stereocenters. The van der Waals surface area contributed by atoms with Crippen molar-refractivity contribution in [2.45, 2.75) is 111 Å². The smallest absolute Gasteiger partial charge is 0.0353 e. The summed E-state index contributed by atoms with van der Waals surface area (Å²) in [5.74, 6) is 0.291. The average Bonchev–Trinajstić information content (AvgIpc) is 3.19. The molecule has 0 spiro atoms. The van der Waals surface area contributed by atoms with Gasteiger partial charge in [0.25, 0.3) is 0 Å². The highest BCUT2D eigenvalue weighted by Gasteiger charge is 2.32.